The smallest absolute Gasteiger partial charge is 0.231 e. The summed E-state index contributed by atoms with van der Waals surface area (Å²) in [5, 5.41) is 29.5. The summed E-state index contributed by atoms with van der Waals surface area (Å²) in [6.07, 6.45) is 1.31. The standard InChI is InChI=1S/C8H11NO3S/c1-5-8(11)7(3-10)6(4-13)2-9(5)12/h2,10-11,13H,3-4H2,1H3. The monoisotopic (exact) mass is 201 g/mol. The second-order valence-electron chi connectivity index (χ2n) is 2.71. The van der Waals surface area contributed by atoms with Crippen molar-refractivity contribution in [2.45, 2.75) is 19.3 Å². The molecule has 0 atom stereocenters. The summed E-state index contributed by atoms with van der Waals surface area (Å²) in [5.41, 5.74) is 1.11. The van der Waals surface area contributed by atoms with Gasteiger partial charge in [-0.15, -0.1) is 0 Å². The third kappa shape index (κ3) is 1.71. The molecule has 72 valence electrons. The van der Waals surface area contributed by atoms with Crippen molar-refractivity contribution in [2.75, 3.05) is 0 Å². The molecule has 0 aliphatic heterocycles. The normalized spacial score (nSPS) is 10.4. The van der Waals surface area contributed by atoms with Crippen LogP contribution in [0.4, 0.5) is 0 Å². The van der Waals surface area contributed by atoms with E-state index in [0.717, 1.165) is 0 Å². The fourth-order valence-corrected chi connectivity index (χ4v) is 1.38. The van der Waals surface area contributed by atoms with Gasteiger partial charge in [-0.05, 0) is 0 Å². The fraction of sp³-hybridized carbons (Fsp3) is 0.375. The molecule has 13 heavy (non-hydrogen) atoms. The molecule has 0 radical (unpaired) electrons. The van der Waals surface area contributed by atoms with E-state index in [1.54, 1.807) is 0 Å². The van der Waals surface area contributed by atoms with Gasteiger partial charge in [-0.3, -0.25) is 0 Å². The average molecular weight is 201 g/mol. The van der Waals surface area contributed by atoms with Crippen molar-refractivity contribution >= 4 is 12.6 Å². The maximum atomic E-state index is 11.1. The number of nitrogens with zero attached hydrogens (tertiary/aromatic N) is 1. The summed E-state index contributed by atoms with van der Waals surface area (Å²) in [7, 11) is 0. The van der Waals surface area contributed by atoms with E-state index in [-0.39, 0.29) is 18.1 Å². The lowest BCUT2D eigenvalue weighted by atomic mass is 10.1. The SMILES string of the molecule is Cc1c(O)c(CO)c(CS)c[n+]1[O-]. The summed E-state index contributed by atoms with van der Waals surface area (Å²) >= 11 is 3.99. The topological polar surface area (TPSA) is 67.4 Å². The fourth-order valence-electron chi connectivity index (χ4n) is 1.10. The summed E-state index contributed by atoms with van der Waals surface area (Å²) in [4.78, 5) is 0. The van der Waals surface area contributed by atoms with E-state index in [9.17, 15) is 10.3 Å². The highest BCUT2D eigenvalue weighted by atomic mass is 32.1. The number of aromatic nitrogens is 1. The Hall–Kier alpha value is -0.940. The Labute approximate surface area is 81.4 Å². The van der Waals surface area contributed by atoms with Gasteiger partial charge >= 0.3 is 0 Å². The molecule has 4 nitrogen and oxygen atoms in total. The van der Waals surface area contributed by atoms with Crippen LogP contribution >= 0.6 is 12.6 Å². The highest BCUT2D eigenvalue weighted by Gasteiger charge is 2.16. The Bertz CT molecular complexity index is 328. The Morgan fingerprint density at radius 1 is 1.62 bits per heavy atom. The predicted molar refractivity (Wildman–Crippen MR) is 50.4 cm³/mol. The zero-order chi connectivity index (χ0) is 10.0. The minimum atomic E-state index is -0.288. The number of thiol groups is 1. The van der Waals surface area contributed by atoms with E-state index >= 15 is 0 Å². The lowest BCUT2D eigenvalue weighted by Crippen LogP contribution is -2.31. The number of aliphatic hydroxyl groups excluding tert-OH is 1. The number of aromatic hydroxyl groups is 1. The molecule has 0 aliphatic carbocycles. The molecule has 1 heterocycles. The molecule has 0 aliphatic rings. The van der Waals surface area contributed by atoms with Crippen LogP contribution in [-0.4, -0.2) is 10.2 Å². The average Bonchev–Trinajstić information content (AvgIpc) is 2.13. The Kier molecular flexibility index (Phi) is 3.00. The Balaban J connectivity index is 3.39. The van der Waals surface area contributed by atoms with Gasteiger partial charge in [0.2, 0.25) is 5.69 Å². The predicted octanol–water partition coefficient (Wildman–Crippen LogP) is 0.256. The highest BCUT2D eigenvalue weighted by Crippen LogP contribution is 2.23. The van der Waals surface area contributed by atoms with Crippen LogP contribution in [0.1, 0.15) is 16.8 Å². The molecular formula is C8H11NO3S. The van der Waals surface area contributed by atoms with Crippen LogP contribution in [0, 0.1) is 12.1 Å². The first-order valence-corrected chi connectivity index (χ1v) is 4.40. The lowest BCUT2D eigenvalue weighted by molar-refractivity contribution is -0.613. The molecule has 0 fully saturated rings. The van der Waals surface area contributed by atoms with Crippen LogP contribution in [0.3, 0.4) is 0 Å². The second kappa shape index (κ2) is 3.85. The molecular weight excluding hydrogens is 190 g/mol. The molecule has 1 aromatic rings. The van der Waals surface area contributed by atoms with E-state index in [2.05, 4.69) is 12.6 Å². The third-order valence-electron chi connectivity index (χ3n) is 1.95. The van der Waals surface area contributed by atoms with Crippen molar-refractivity contribution in [2.24, 2.45) is 0 Å². The van der Waals surface area contributed by atoms with Crippen molar-refractivity contribution in [1.29, 1.82) is 0 Å². The highest BCUT2D eigenvalue weighted by molar-refractivity contribution is 7.79. The zero-order valence-electron chi connectivity index (χ0n) is 7.19. The van der Waals surface area contributed by atoms with E-state index in [0.29, 0.717) is 21.6 Å². The molecule has 1 aromatic heterocycles. The van der Waals surface area contributed by atoms with Gasteiger partial charge in [0.05, 0.1) is 6.61 Å². The molecule has 0 amide bonds. The van der Waals surface area contributed by atoms with Gasteiger partial charge in [-0.25, -0.2) is 0 Å². The van der Waals surface area contributed by atoms with Gasteiger partial charge in [0, 0.05) is 23.8 Å². The van der Waals surface area contributed by atoms with Crippen molar-refractivity contribution < 1.29 is 14.9 Å². The molecule has 0 saturated carbocycles. The van der Waals surface area contributed by atoms with E-state index in [1.807, 2.05) is 0 Å². The first-order valence-electron chi connectivity index (χ1n) is 3.77. The van der Waals surface area contributed by atoms with Crippen molar-refractivity contribution in [1.82, 2.24) is 0 Å². The number of hydrogen-bond acceptors (Lipinski definition) is 4. The zero-order valence-corrected chi connectivity index (χ0v) is 8.08. The van der Waals surface area contributed by atoms with E-state index in [1.165, 1.54) is 13.1 Å². The molecule has 0 unspecified atom stereocenters. The molecule has 2 N–H and O–H groups in total. The number of hydrogen-bond donors (Lipinski definition) is 3. The molecule has 1 rings (SSSR count). The van der Waals surface area contributed by atoms with Gasteiger partial charge < -0.3 is 15.4 Å². The van der Waals surface area contributed by atoms with Crippen LogP contribution in [0.15, 0.2) is 6.20 Å². The van der Waals surface area contributed by atoms with Gasteiger partial charge in [0.1, 0.15) is 0 Å². The number of pyridine rings is 1. The van der Waals surface area contributed by atoms with Crippen LogP contribution in [0.2, 0.25) is 0 Å². The van der Waals surface area contributed by atoms with Crippen molar-refractivity contribution in [3.05, 3.63) is 28.2 Å². The van der Waals surface area contributed by atoms with Gasteiger partial charge in [-0.2, -0.15) is 17.4 Å². The summed E-state index contributed by atoms with van der Waals surface area (Å²) in [6.45, 7) is 1.20. The molecule has 0 aromatic carbocycles. The Morgan fingerprint density at radius 3 is 2.69 bits per heavy atom. The molecule has 5 heteroatoms. The van der Waals surface area contributed by atoms with Crippen molar-refractivity contribution in [3.8, 4) is 5.75 Å². The van der Waals surface area contributed by atoms with Gasteiger partial charge in [-0.1, -0.05) is 0 Å². The summed E-state index contributed by atoms with van der Waals surface area (Å²) < 4.78 is 0.569. The molecule has 0 saturated heterocycles. The number of rotatable bonds is 2. The second-order valence-corrected chi connectivity index (χ2v) is 3.03. The summed E-state index contributed by atoms with van der Waals surface area (Å²) in [6, 6.07) is 0. The maximum absolute atomic E-state index is 11.1. The van der Waals surface area contributed by atoms with Crippen LogP contribution < -0.4 is 4.73 Å². The Morgan fingerprint density at radius 2 is 2.23 bits per heavy atom. The lowest BCUT2D eigenvalue weighted by Gasteiger charge is -2.09. The first kappa shape index (κ1) is 10.1. The van der Waals surface area contributed by atoms with Crippen LogP contribution in [-0.2, 0) is 12.4 Å². The van der Waals surface area contributed by atoms with Gasteiger partial charge in [0.25, 0.3) is 0 Å². The molecule has 0 bridgehead atoms. The van der Waals surface area contributed by atoms with E-state index < -0.39 is 0 Å². The van der Waals surface area contributed by atoms with Crippen LogP contribution in [0.25, 0.3) is 0 Å². The minimum absolute atomic E-state index is 0.149. The first-order chi connectivity index (χ1) is 6.11. The van der Waals surface area contributed by atoms with Gasteiger partial charge in [0.15, 0.2) is 11.9 Å². The number of aliphatic hydroxyl groups is 1. The quantitative estimate of drug-likeness (QED) is 0.365. The third-order valence-corrected chi connectivity index (χ3v) is 2.29. The summed E-state index contributed by atoms with van der Waals surface area (Å²) in [5.74, 6) is 0.162. The molecule has 0 spiro atoms. The van der Waals surface area contributed by atoms with Crippen LogP contribution in [0.5, 0.6) is 5.75 Å². The minimum Gasteiger partial charge on any atom is -0.618 e. The van der Waals surface area contributed by atoms with Crippen molar-refractivity contribution in [3.63, 3.8) is 0 Å². The maximum Gasteiger partial charge on any atom is 0.231 e. The largest absolute Gasteiger partial charge is 0.618 e. The van der Waals surface area contributed by atoms with E-state index in [4.69, 9.17) is 5.11 Å².